The predicted molar refractivity (Wildman–Crippen MR) is 48.6 cm³/mol. The Bertz CT molecular complexity index is 231. The maximum absolute atomic E-state index is 5.46. The molecule has 0 aliphatic heterocycles. The summed E-state index contributed by atoms with van der Waals surface area (Å²) in [5, 5.41) is 3.27. The van der Waals surface area contributed by atoms with Gasteiger partial charge in [0.15, 0.2) is 0 Å². The van der Waals surface area contributed by atoms with Gasteiger partial charge in [-0.25, -0.2) is 4.98 Å². The lowest BCUT2D eigenvalue weighted by Gasteiger charge is -2.10. The first kappa shape index (κ1) is 9.22. The van der Waals surface area contributed by atoms with Crippen molar-refractivity contribution in [2.45, 2.75) is 19.5 Å². The molecule has 12 heavy (non-hydrogen) atoms. The van der Waals surface area contributed by atoms with Crippen molar-refractivity contribution in [1.82, 2.24) is 14.9 Å². The molecule has 0 saturated carbocycles. The normalized spacial score (nSPS) is 13.2. The Morgan fingerprint density at radius 1 is 1.75 bits per heavy atom. The van der Waals surface area contributed by atoms with Gasteiger partial charge in [-0.2, -0.15) is 0 Å². The van der Waals surface area contributed by atoms with E-state index in [1.807, 2.05) is 17.8 Å². The minimum atomic E-state index is 0.349. The molecule has 1 unspecified atom stereocenters. The first-order chi connectivity index (χ1) is 5.74. The van der Waals surface area contributed by atoms with Gasteiger partial charge in [-0.15, -0.1) is 0 Å². The summed E-state index contributed by atoms with van der Waals surface area (Å²) in [5.74, 6) is 1.04. The highest BCUT2D eigenvalue weighted by atomic mass is 15.1. The van der Waals surface area contributed by atoms with Crippen molar-refractivity contribution in [2.75, 3.05) is 6.54 Å². The van der Waals surface area contributed by atoms with Gasteiger partial charge in [-0.1, -0.05) is 0 Å². The molecule has 1 heterocycles. The van der Waals surface area contributed by atoms with Crippen molar-refractivity contribution in [2.24, 2.45) is 12.8 Å². The maximum atomic E-state index is 5.46. The van der Waals surface area contributed by atoms with E-state index >= 15 is 0 Å². The van der Waals surface area contributed by atoms with E-state index in [0.717, 1.165) is 12.4 Å². The SMILES string of the molecule is CC(CN)NCc1nccn1C. The van der Waals surface area contributed by atoms with Crippen molar-refractivity contribution < 1.29 is 0 Å². The smallest absolute Gasteiger partial charge is 0.122 e. The van der Waals surface area contributed by atoms with Crippen LogP contribution in [0.2, 0.25) is 0 Å². The van der Waals surface area contributed by atoms with Crippen LogP contribution in [0.3, 0.4) is 0 Å². The Kier molecular flexibility index (Phi) is 3.25. The van der Waals surface area contributed by atoms with Gasteiger partial charge in [0.25, 0.3) is 0 Å². The second-order valence-corrected chi connectivity index (χ2v) is 2.97. The van der Waals surface area contributed by atoms with Crippen LogP contribution in [0.25, 0.3) is 0 Å². The summed E-state index contributed by atoms with van der Waals surface area (Å²) in [6, 6.07) is 0.349. The van der Waals surface area contributed by atoms with Gasteiger partial charge in [0.2, 0.25) is 0 Å². The Hall–Kier alpha value is -0.870. The molecule has 0 radical (unpaired) electrons. The third-order valence-electron chi connectivity index (χ3n) is 1.88. The Balaban J connectivity index is 2.38. The summed E-state index contributed by atoms with van der Waals surface area (Å²) in [6.07, 6.45) is 3.73. The molecule has 0 aliphatic carbocycles. The summed E-state index contributed by atoms with van der Waals surface area (Å²) in [4.78, 5) is 4.18. The molecule has 0 fully saturated rings. The largest absolute Gasteiger partial charge is 0.337 e. The van der Waals surface area contributed by atoms with Crippen LogP contribution in [0, 0.1) is 0 Å². The highest BCUT2D eigenvalue weighted by Crippen LogP contribution is 1.93. The van der Waals surface area contributed by atoms with E-state index in [1.165, 1.54) is 0 Å². The van der Waals surface area contributed by atoms with Gasteiger partial charge in [-0.05, 0) is 6.92 Å². The number of imidazole rings is 1. The van der Waals surface area contributed by atoms with E-state index < -0.39 is 0 Å². The monoisotopic (exact) mass is 168 g/mol. The van der Waals surface area contributed by atoms with Gasteiger partial charge in [0, 0.05) is 32.0 Å². The molecule has 1 atom stereocenters. The van der Waals surface area contributed by atoms with Crippen molar-refractivity contribution >= 4 is 0 Å². The molecule has 0 aromatic carbocycles. The van der Waals surface area contributed by atoms with E-state index in [4.69, 9.17) is 5.73 Å². The molecular formula is C8H16N4. The minimum absolute atomic E-state index is 0.349. The molecule has 0 saturated heterocycles. The Labute approximate surface area is 72.8 Å². The lowest BCUT2D eigenvalue weighted by molar-refractivity contribution is 0.535. The molecule has 0 spiro atoms. The summed E-state index contributed by atoms with van der Waals surface area (Å²) in [6.45, 7) is 3.50. The number of aromatic nitrogens is 2. The quantitative estimate of drug-likeness (QED) is 0.657. The Morgan fingerprint density at radius 3 is 3.00 bits per heavy atom. The molecule has 4 heteroatoms. The molecule has 0 bridgehead atoms. The van der Waals surface area contributed by atoms with Crippen LogP contribution in [-0.2, 0) is 13.6 Å². The first-order valence-corrected chi connectivity index (χ1v) is 4.13. The summed E-state index contributed by atoms with van der Waals surface area (Å²) in [7, 11) is 1.98. The fraction of sp³-hybridized carbons (Fsp3) is 0.625. The average molecular weight is 168 g/mol. The minimum Gasteiger partial charge on any atom is -0.337 e. The fourth-order valence-electron chi connectivity index (χ4n) is 0.916. The second-order valence-electron chi connectivity index (χ2n) is 2.97. The second kappa shape index (κ2) is 4.23. The third kappa shape index (κ3) is 2.32. The Morgan fingerprint density at radius 2 is 2.50 bits per heavy atom. The molecule has 68 valence electrons. The highest BCUT2D eigenvalue weighted by Gasteiger charge is 2.01. The summed E-state index contributed by atoms with van der Waals surface area (Å²) >= 11 is 0. The van der Waals surface area contributed by atoms with Gasteiger partial charge >= 0.3 is 0 Å². The van der Waals surface area contributed by atoms with Crippen LogP contribution >= 0.6 is 0 Å². The van der Waals surface area contributed by atoms with Crippen LogP contribution in [0.1, 0.15) is 12.7 Å². The molecule has 3 N–H and O–H groups in total. The third-order valence-corrected chi connectivity index (χ3v) is 1.88. The molecule has 1 rings (SSSR count). The highest BCUT2D eigenvalue weighted by molar-refractivity contribution is 4.90. The van der Waals surface area contributed by atoms with Crippen molar-refractivity contribution in [1.29, 1.82) is 0 Å². The van der Waals surface area contributed by atoms with E-state index in [-0.39, 0.29) is 0 Å². The molecule has 0 aliphatic rings. The zero-order valence-corrected chi connectivity index (χ0v) is 7.62. The number of nitrogens with two attached hydrogens (primary N) is 1. The van der Waals surface area contributed by atoms with E-state index in [9.17, 15) is 0 Å². The molecule has 1 aromatic heterocycles. The maximum Gasteiger partial charge on any atom is 0.122 e. The number of hydrogen-bond acceptors (Lipinski definition) is 3. The summed E-state index contributed by atoms with van der Waals surface area (Å²) in [5.41, 5.74) is 5.46. The van der Waals surface area contributed by atoms with Crippen LogP contribution in [0.4, 0.5) is 0 Å². The predicted octanol–water partition coefficient (Wildman–Crippen LogP) is -0.143. The van der Waals surface area contributed by atoms with Gasteiger partial charge in [0.05, 0.1) is 6.54 Å². The van der Waals surface area contributed by atoms with E-state index in [1.54, 1.807) is 6.20 Å². The van der Waals surface area contributed by atoms with Crippen molar-refractivity contribution in [3.8, 4) is 0 Å². The topological polar surface area (TPSA) is 55.9 Å². The molecule has 1 aromatic rings. The van der Waals surface area contributed by atoms with E-state index in [0.29, 0.717) is 12.6 Å². The van der Waals surface area contributed by atoms with Gasteiger partial charge in [0.1, 0.15) is 5.82 Å². The van der Waals surface area contributed by atoms with Crippen LogP contribution in [-0.4, -0.2) is 22.1 Å². The first-order valence-electron chi connectivity index (χ1n) is 4.13. The number of nitrogens with one attached hydrogen (secondary N) is 1. The number of aryl methyl sites for hydroxylation is 1. The van der Waals surface area contributed by atoms with Crippen molar-refractivity contribution in [3.63, 3.8) is 0 Å². The number of rotatable bonds is 4. The standard InChI is InChI=1S/C8H16N4/c1-7(5-9)11-6-8-10-3-4-12(8)2/h3-4,7,11H,5-6,9H2,1-2H3. The van der Waals surface area contributed by atoms with Crippen LogP contribution in [0.5, 0.6) is 0 Å². The number of nitrogens with zero attached hydrogens (tertiary/aromatic N) is 2. The average Bonchev–Trinajstić information content (AvgIpc) is 2.47. The van der Waals surface area contributed by atoms with Gasteiger partial charge < -0.3 is 15.6 Å². The molecule has 0 amide bonds. The van der Waals surface area contributed by atoms with Gasteiger partial charge in [-0.3, -0.25) is 0 Å². The summed E-state index contributed by atoms with van der Waals surface area (Å²) < 4.78 is 2.00. The van der Waals surface area contributed by atoms with Crippen LogP contribution < -0.4 is 11.1 Å². The number of hydrogen-bond donors (Lipinski definition) is 2. The van der Waals surface area contributed by atoms with Crippen LogP contribution in [0.15, 0.2) is 12.4 Å². The van der Waals surface area contributed by atoms with E-state index in [2.05, 4.69) is 17.2 Å². The molecular weight excluding hydrogens is 152 g/mol. The zero-order chi connectivity index (χ0) is 8.97. The zero-order valence-electron chi connectivity index (χ0n) is 7.62. The lowest BCUT2D eigenvalue weighted by Crippen LogP contribution is -2.33. The fourth-order valence-corrected chi connectivity index (χ4v) is 0.916. The molecule has 4 nitrogen and oxygen atoms in total. The van der Waals surface area contributed by atoms with Crippen molar-refractivity contribution in [3.05, 3.63) is 18.2 Å². The lowest BCUT2D eigenvalue weighted by atomic mass is 10.3.